The molecular weight excluding hydrogens is 302 g/mol. The van der Waals surface area contributed by atoms with Gasteiger partial charge >= 0.3 is 0 Å². The number of aromatic nitrogens is 1. The van der Waals surface area contributed by atoms with Crippen LogP contribution < -0.4 is 4.57 Å². The molecule has 0 saturated heterocycles. The van der Waals surface area contributed by atoms with Crippen LogP contribution in [0.4, 0.5) is 0 Å². The molecule has 0 unspecified atom stereocenters. The summed E-state index contributed by atoms with van der Waals surface area (Å²) in [6.45, 7) is 6.73. The summed E-state index contributed by atoms with van der Waals surface area (Å²) in [6, 6.07) is 13.9. The number of benzene rings is 2. The molecule has 1 saturated carbocycles. The average molecular weight is 330 g/mol. The van der Waals surface area contributed by atoms with Crippen molar-refractivity contribution in [3.8, 4) is 11.3 Å². The third-order valence-corrected chi connectivity index (χ3v) is 6.07. The van der Waals surface area contributed by atoms with Gasteiger partial charge in [-0.1, -0.05) is 36.6 Å². The molecule has 0 aliphatic heterocycles. The summed E-state index contributed by atoms with van der Waals surface area (Å²) in [5.74, 6) is 0.750. The fraction of sp³-hybridized carbons (Fsp3) is 0.375. The van der Waals surface area contributed by atoms with E-state index in [-0.39, 0.29) is 0 Å². The van der Waals surface area contributed by atoms with Gasteiger partial charge in [-0.2, -0.15) is 0 Å². The molecule has 0 amide bonds. The van der Waals surface area contributed by atoms with Crippen LogP contribution in [-0.4, -0.2) is 0 Å². The zero-order valence-corrected chi connectivity index (χ0v) is 15.9. The standard InChI is InChI=1S/C24H28N/c1-16-9-10-20-11-12-25(4)24(23(20)13-16)22-15-21(14-17(2)18(22)3)19-7-5-6-8-19/h9-15,19H,5-8H2,1-4H3/q+1. The average Bonchev–Trinajstić information content (AvgIpc) is 3.12. The molecule has 1 aliphatic carbocycles. The molecule has 1 aliphatic rings. The predicted octanol–water partition coefficient (Wildman–Crippen LogP) is 5.91. The summed E-state index contributed by atoms with van der Waals surface area (Å²) in [5.41, 5.74) is 8.44. The molecule has 1 aromatic heterocycles. The topological polar surface area (TPSA) is 3.88 Å². The number of hydrogen-bond acceptors (Lipinski definition) is 0. The summed E-state index contributed by atoms with van der Waals surface area (Å²) in [4.78, 5) is 0. The molecule has 0 bridgehead atoms. The van der Waals surface area contributed by atoms with Gasteiger partial charge in [0.25, 0.3) is 0 Å². The zero-order valence-electron chi connectivity index (χ0n) is 15.9. The van der Waals surface area contributed by atoms with Crippen molar-refractivity contribution in [2.45, 2.75) is 52.4 Å². The van der Waals surface area contributed by atoms with Crippen LogP contribution in [0.15, 0.2) is 42.6 Å². The van der Waals surface area contributed by atoms with E-state index in [1.165, 1.54) is 64.4 Å². The fourth-order valence-corrected chi connectivity index (χ4v) is 4.44. The fourth-order valence-electron chi connectivity index (χ4n) is 4.44. The van der Waals surface area contributed by atoms with Gasteiger partial charge in [0.1, 0.15) is 7.05 Å². The third kappa shape index (κ3) is 2.86. The van der Waals surface area contributed by atoms with Gasteiger partial charge in [0.15, 0.2) is 6.20 Å². The Labute approximate surface area is 151 Å². The molecule has 4 rings (SSSR count). The highest BCUT2D eigenvalue weighted by Crippen LogP contribution is 2.38. The van der Waals surface area contributed by atoms with E-state index in [9.17, 15) is 0 Å². The van der Waals surface area contributed by atoms with Gasteiger partial charge in [-0.15, -0.1) is 0 Å². The van der Waals surface area contributed by atoms with E-state index in [0.29, 0.717) is 0 Å². The first-order chi connectivity index (χ1) is 12.0. The molecule has 1 heterocycles. The maximum Gasteiger partial charge on any atom is 0.220 e. The highest BCUT2D eigenvalue weighted by molar-refractivity contribution is 5.94. The molecule has 0 radical (unpaired) electrons. The molecule has 1 nitrogen and oxygen atoms in total. The van der Waals surface area contributed by atoms with E-state index < -0.39 is 0 Å². The second-order valence-electron chi connectivity index (χ2n) is 7.86. The van der Waals surface area contributed by atoms with Crippen molar-refractivity contribution in [2.75, 3.05) is 0 Å². The van der Waals surface area contributed by atoms with E-state index in [4.69, 9.17) is 0 Å². The number of fused-ring (bicyclic) bond motifs is 1. The Balaban J connectivity index is 1.99. The van der Waals surface area contributed by atoms with Gasteiger partial charge in [0.2, 0.25) is 5.69 Å². The Hall–Kier alpha value is -2.15. The van der Waals surface area contributed by atoms with Crippen molar-refractivity contribution in [3.05, 3.63) is 64.8 Å². The molecule has 25 heavy (non-hydrogen) atoms. The first-order valence-corrected chi connectivity index (χ1v) is 9.55. The molecule has 1 heteroatoms. The van der Waals surface area contributed by atoms with Crippen molar-refractivity contribution < 1.29 is 4.57 Å². The first kappa shape index (κ1) is 16.3. The van der Waals surface area contributed by atoms with Gasteiger partial charge in [-0.3, -0.25) is 0 Å². The summed E-state index contributed by atoms with van der Waals surface area (Å²) >= 11 is 0. The smallest absolute Gasteiger partial charge is 0.200 e. The normalized spacial score (nSPS) is 15.2. The quantitative estimate of drug-likeness (QED) is 0.514. The largest absolute Gasteiger partial charge is 0.220 e. The van der Waals surface area contributed by atoms with E-state index >= 15 is 0 Å². The number of pyridine rings is 1. The molecule has 0 N–H and O–H groups in total. The highest BCUT2D eigenvalue weighted by Gasteiger charge is 2.23. The SMILES string of the molecule is Cc1ccc2cc[n+](C)c(-c3cc(C4CCCC4)cc(C)c3C)c2c1. The van der Waals surface area contributed by atoms with Crippen molar-refractivity contribution in [3.63, 3.8) is 0 Å². The van der Waals surface area contributed by atoms with Gasteiger partial charge < -0.3 is 0 Å². The van der Waals surface area contributed by atoms with Crippen molar-refractivity contribution in [1.29, 1.82) is 0 Å². The second kappa shape index (κ2) is 6.29. The molecule has 0 spiro atoms. The van der Waals surface area contributed by atoms with Crippen LogP contribution in [0.3, 0.4) is 0 Å². The minimum atomic E-state index is 0.750. The van der Waals surface area contributed by atoms with Crippen LogP contribution >= 0.6 is 0 Å². The van der Waals surface area contributed by atoms with E-state index in [0.717, 1.165) is 5.92 Å². The lowest BCUT2D eigenvalue weighted by Gasteiger charge is -2.16. The van der Waals surface area contributed by atoms with Crippen LogP contribution in [-0.2, 0) is 7.05 Å². The van der Waals surface area contributed by atoms with E-state index in [1.807, 2.05) is 0 Å². The zero-order chi connectivity index (χ0) is 17.6. The first-order valence-electron chi connectivity index (χ1n) is 9.55. The highest BCUT2D eigenvalue weighted by atomic mass is 14.9. The molecular formula is C24H28N+. The summed E-state index contributed by atoms with van der Waals surface area (Å²) in [7, 11) is 2.17. The van der Waals surface area contributed by atoms with Crippen LogP contribution in [0.1, 0.15) is 53.9 Å². The monoisotopic (exact) mass is 330 g/mol. The number of hydrogen-bond donors (Lipinski definition) is 0. The Kier molecular flexibility index (Phi) is 4.11. The molecule has 0 atom stereocenters. The number of rotatable bonds is 2. The lowest BCUT2D eigenvalue weighted by atomic mass is 9.89. The minimum absolute atomic E-state index is 0.750. The van der Waals surface area contributed by atoms with E-state index in [2.05, 4.69) is 75.0 Å². The van der Waals surface area contributed by atoms with Gasteiger partial charge in [0.05, 0.1) is 10.9 Å². The Morgan fingerprint density at radius 3 is 2.44 bits per heavy atom. The maximum absolute atomic E-state index is 2.48. The molecule has 128 valence electrons. The lowest BCUT2D eigenvalue weighted by Crippen LogP contribution is -2.31. The second-order valence-corrected chi connectivity index (χ2v) is 7.86. The number of aryl methyl sites for hydroxylation is 3. The summed E-state index contributed by atoms with van der Waals surface area (Å²) in [6.07, 6.45) is 7.66. The third-order valence-electron chi connectivity index (χ3n) is 6.07. The predicted molar refractivity (Wildman–Crippen MR) is 106 cm³/mol. The Bertz CT molecular complexity index is 941. The van der Waals surface area contributed by atoms with Crippen LogP contribution in [0.2, 0.25) is 0 Å². The minimum Gasteiger partial charge on any atom is -0.200 e. The Morgan fingerprint density at radius 2 is 1.68 bits per heavy atom. The summed E-state index contributed by atoms with van der Waals surface area (Å²) < 4.78 is 2.29. The Morgan fingerprint density at radius 1 is 0.920 bits per heavy atom. The van der Waals surface area contributed by atoms with Gasteiger partial charge in [0, 0.05) is 6.07 Å². The molecule has 3 aromatic rings. The summed E-state index contributed by atoms with van der Waals surface area (Å²) in [5, 5.41) is 2.68. The maximum atomic E-state index is 2.48. The van der Waals surface area contributed by atoms with Crippen LogP contribution in [0.5, 0.6) is 0 Å². The lowest BCUT2D eigenvalue weighted by molar-refractivity contribution is -0.659. The van der Waals surface area contributed by atoms with Crippen LogP contribution in [0.25, 0.3) is 22.0 Å². The molecule has 2 aromatic carbocycles. The van der Waals surface area contributed by atoms with Crippen LogP contribution in [0, 0.1) is 20.8 Å². The molecule has 1 fully saturated rings. The number of nitrogens with zero attached hydrogens (tertiary/aromatic N) is 1. The van der Waals surface area contributed by atoms with Gasteiger partial charge in [-0.25, -0.2) is 4.57 Å². The van der Waals surface area contributed by atoms with Crippen molar-refractivity contribution >= 4 is 10.8 Å². The van der Waals surface area contributed by atoms with Crippen molar-refractivity contribution in [2.24, 2.45) is 7.05 Å². The van der Waals surface area contributed by atoms with E-state index in [1.54, 1.807) is 5.56 Å². The van der Waals surface area contributed by atoms with Crippen molar-refractivity contribution in [1.82, 2.24) is 0 Å². The van der Waals surface area contributed by atoms with Gasteiger partial charge in [-0.05, 0) is 73.7 Å².